The lowest BCUT2D eigenvalue weighted by molar-refractivity contribution is 0.471. The Bertz CT molecular complexity index is 541. The predicted octanol–water partition coefficient (Wildman–Crippen LogP) is 2.20. The van der Waals surface area contributed by atoms with Crippen molar-refractivity contribution in [3.05, 3.63) is 23.5 Å². The number of halogens is 1. The first-order valence-corrected chi connectivity index (χ1v) is 8.06. The second-order valence-electron chi connectivity index (χ2n) is 5.13. The first-order chi connectivity index (χ1) is 8.58. The fraction of sp³-hybridized carbons (Fsp3) is 0.583. The number of nitrogens with one attached hydrogen (secondary N) is 1. The Morgan fingerprint density at radius 3 is 2.39 bits per heavy atom. The molecule has 2 fully saturated rings. The molecule has 6 heteroatoms. The van der Waals surface area contributed by atoms with Gasteiger partial charge in [-0.25, -0.2) is 13.1 Å². The maximum Gasteiger partial charge on any atom is 0.243 e. The number of aromatic nitrogens is 1. The van der Waals surface area contributed by atoms with Crippen LogP contribution in [-0.2, 0) is 10.0 Å². The molecule has 0 radical (unpaired) electrons. The van der Waals surface area contributed by atoms with Gasteiger partial charge in [0.15, 0.2) is 0 Å². The van der Waals surface area contributed by atoms with E-state index in [0.717, 1.165) is 25.7 Å². The van der Waals surface area contributed by atoms with Crippen molar-refractivity contribution in [1.29, 1.82) is 0 Å². The Morgan fingerprint density at radius 1 is 1.28 bits per heavy atom. The van der Waals surface area contributed by atoms with Gasteiger partial charge < -0.3 is 0 Å². The number of hydrogen-bond donors (Lipinski definition) is 1. The van der Waals surface area contributed by atoms with E-state index in [4.69, 9.17) is 11.6 Å². The number of pyridine rings is 1. The number of hydrogen-bond acceptors (Lipinski definition) is 3. The quantitative estimate of drug-likeness (QED) is 0.903. The van der Waals surface area contributed by atoms with Crippen LogP contribution in [-0.4, -0.2) is 19.4 Å². The summed E-state index contributed by atoms with van der Waals surface area (Å²) in [5.74, 6) is 1.03. The van der Waals surface area contributed by atoms with Gasteiger partial charge in [-0.1, -0.05) is 11.6 Å². The summed E-state index contributed by atoms with van der Waals surface area (Å²) < 4.78 is 27.4. The highest BCUT2D eigenvalue weighted by molar-refractivity contribution is 7.89. The number of sulfonamides is 1. The molecule has 2 aliphatic rings. The molecule has 0 bridgehead atoms. The molecule has 1 aromatic rings. The fourth-order valence-electron chi connectivity index (χ4n) is 2.29. The van der Waals surface area contributed by atoms with Crippen LogP contribution in [0.5, 0.6) is 0 Å². The molecular weight excluding hydrogens is 272 g/mol. The molecule has 1 heterocycles. The Balaban J connectivity index is 1.83. The normalized spacial score (nSPS) is 20.3. The maximum atomic E-state index is 12.3. The van der Waals surface area contributed by atoms with E-state index in [1.165, 1.54) is 18.5 Å². The molecule has 18 heavy (non-hydrogen) atoms. The highest BCUT2D eigenvalue weighted by Gasteiger charge is 2.43. The van der Waals surface area contributed by atoms with Crippen LogP contribution in [0.15, 0.2) is 23.4 Å². The van der Waals surface area contributed by atoms with E-state index >= 15 is 0 Å². The third-order valence-electron chi connectivity index (χ3n) is 3.57. The largest absolute Gasteiger partial charge is 0.263 e. The van der Waals surface area contributed by atoms with Gasteiger partial charge in [0.2, 0.25) is 10.0 Å². The maximum absolute atomic E-state index is 12.3. The van der Waals surface area contributed by atoms with Gasteiger partial charge in [0.05, 0.1) is 5.02 Å². The predicted molar refractivity (Wildman–Crippen MR) is 68.8 cm³/mol. The zero-order valence-corrected chi connectivity index (χ0v) is 11.4. The van der Waals surface area contributed by atoms with Crippen molar-refractivity contribution >= 4 is 21.6 Å². The van der Waals surface area contributed by atoms with Crippen molar-refractivity contribution in [2.24, 2.45) is 11.8 Å². The summed E-state index contributed by atoms with van der Waals surface area (Å²) in [6.07, 6.45) is 7.31. The van der Waals surface area contributed by atoms with Gasteiger partial charge in [0.1, 0.15) is 4.90 Å². The Hall–Kier alpha value is -0.650. The summed E-state index contributed by atoms with van der Waals surface area (Å²) in [7, 11) is -3.54. The summed E-state index contributed by atoms with van der Waals surface area (Å²) in [5, 5.41) is 0.225. The van der Waals surface area contributed by atoms with Crippen molar-refractivity contribution in [2.75, 3.05) is 0 Å². The lowest BCUT2D eigenvalue weighted by Gasteiger charge is -2.17. The van der Waals surface area contributed by atoms with E-state index in [2.05, 4.69) is 9.71 Å². The molecule has 0 aromatic carbocycles. The van der Waals surface area contributed by atoms with Crippen LogP contribution in [0, 0.1) is 11.8 Å². The monoisotopic (exact) mass is 286 g/mol. The number of rotatable bonds is 5. The van der Waals surface area contributed by atoms with Gasteiger partial charge in [-0.2, -0.15) is 0 Å². The van der Waals surface area contributed by atoms with Crippen molar-refractivity contribution < 1.29 is 8.42 Å². The first-order valence-electron chi connectivity index (χ1n) is 6.20. The van der Waals surface area contributed by atoms with E-state index in [1.807, 2.05) is 0 Å². The summed E-state index contributed by atoms with van der Waals surface area (Å²) in [4.78, 5) is 3.92. The Labute approximate surface area is 112 Å². The van der Waals surface area contributed by atoms with E-state index < -0.39 is 10.0 Å². The lowest BCUT2D eigenvalue weighted by atomic mass is 10.1. The molecule has 3 rings (SSSR count). The smallest absolute Gasteiger partial charge is 0.243 e. The van der Waals surface area contributed by atoms with Gasteiger partial charge >= 0.3 is 0 Å². The zero-order valence-electron chi connectivity index (χ0n) is 9.84. The molecule has 0 spiro atoms. The second-order valence-corrected chi connectivity index (χ2v) is 7.22. The number of nitrogens with zero attached hydrogens (tertiary/aromatic N) is 1. The van der Waals surface area contributed by atoms with Crippen molar-refractivity contribution in [3.63, 3.8) is 0 Å². The van der Waals surface area contributed by atoms with Crippen LogP contribution in [0.4, 0.5) is 0 Å². The highest BCUT2D eigenvalue weighted by Crippen LogP contribution is 2.45. The van der Waals surface area contributed by atoms with Crippen LogP contribution in [0.25, 0.3) is 0 Å². The molecule has 2 saturated carbocycles. The van der Waals surface area contributed by atoms with Gasteiger partial charge in [-0.3, -0.25) is 4.98 Å². The van der Waals surface area contributed by atoms with E-state index in [0.29, 0.717) is 11.8 Å². The van der Waals surface area contributed by atoms with Crippen molar-refractivity contribution in [2.45, 2.75) is 36.6 Å². The fourth-order valence-corrected chi connectivity index (χ4v) is 4.10. The summed E-state index contributed by atoms with van der Waals surface area (Å²) in [5.41, 5.74) is 0. The molecule has 0 amide bonds. The minimum atomic E-state index is -3.54. The molecule has 0 atom stereocenters. The molecule has 0 aliphatic heterocycles. The van der Waals surface area contributed by atoms with Crippen LogP contribution in [0.2, 0.25) is 5.02 Å². The molecule has 0 unspecified atom stereocenters. The molecule has 1 aromatic heterocycles. The van der Waals surface area contributed by atoms with Gasteiger partial charge in [0, 0.05) is 18.4 Å². The summed E-state index contributed by atoms with van der Waals surface area (Å²) in [6.45, 7) is 0. The average molecular weight is 287 g/mol. The minimum absolute atomic E-state index is 0.0815. The molecule has 1 N–H and O–H groups in total. The van der Waals surface area contributed by atoms with Gasteiger partial charge in [0.25, 0.3) is 0 Å². The van der Waals surface area contributed by atoms with Crippen molar-refractivity contribution in [3.8, 4) is 0 Å². The average Bonchev–Trinajstić information content (AvgIpc) is 3.17. The Kier molecular flexibility index (Phi) is 3.08. The molecule has 4 nitrogen and oxygen atoms in total. The Morgan fingerprint density at radius 2 is 1.89 bits per heavy atom. The first kappa shape index (κ1) is 12.4. The van der Waals surface area contributed by atoms with Crippen LogP contribution >= 0.6 is 11.6 Å². The van der Waals surface area contributed by atoms with Crippen molar-refractivity contribution in [1.82, 2.24) is 9.71 Å². The summed E-state index contributed by atoms with van der Waals surface area (Å²) in [6, 6.07) is 1.59. The SMILES string of the molecule is O=S(=O)(NC(C1CC1)C1CC1)c1cnccc1Cl. The summed E-state index contributed by atoms with van der Waals surface area (Å²) >= 11 is 5.92. The lowest BCUT2D eigenvalue weighted by Crippen LogP contribution is -2.38. The molecule has 0 saturated heterocycles. The van der Waals surface area contributed by atoms with Crippen LogP contribution in [0.1, 0.15) is 25.7 Å². The third kappa shape index (κ3) is 2.53. The second kappa shape index (κ2) is 4.47. The van der Waals surface area contributed by atoms with Gasteiger partial charge in [-0.05, 0) is 43.6 Å². The van der Waals surface area contributed by atoms with E-state index in [9.17, 15) is 8.42 Å². The topological polar surface area (TPSA) is 59.1 Å². The third-order valence-corrected chi connectivity index (χ3v) is 5.50. The van der Waals surface area contributed by atoms with E-state index in [-0.39, 0.29) is 16.0 Å². The standard InChI is InChI=1S/C12H15ClN2O2S/c13-10-5-6-14-7-11(10)18(16,17)15-12(8-1-2-8)9-3-4-9/h5-9,12,15H,1-4H2. The zero-order chi connectivity index (χ0) is 12.8. The molecular formula is C12H15ClN2O2S. The van der Waals surface area contributed by atoms with E-state index in [1.54, 1.807) is 0 Å². The minimum Gasteiger partial charge on any atom is -0.263 e. The highest BCUT2D eigenvalue weighted by atomic mass is 35.5. The van der Waals surface area contributed by atoms with Crippen LogP contribution < -0.4 is 4.72 Å². The molecule has 2 aliphatic carbocycles. The van der Waals surface area contributed by atoms with Crippen LogP contribution in [0.3, 0.4) is 0 Å². The molecule has 98 valence electrons. The van der Waals surface area contributed by atoms with Gasteiger partial charge in [-0.15, -0.1) is 0 Å².